The maximum absolute atomic E-state index is 14.2. The molecule has 3 heterocycles. The molecule has 1 unspecified atom stereocenters. The molecule has 0 amide bonds. The number of pyridine rings is 1. The summed E-state index contributed by atoms with van der Waals surface area (Å²) < 4.78 is 74.8. The van der Waals surface area contributed by atoms with Gasteiger partial charge in [-0.1, -0.05) is 12.1 Å². The first kappa shape index (κ1) is 19.2. The summed E-state index contributed by atoms with van der Waals surface area (Å²) >= 11 is 0. The number of halogens is 5. The molecule has 4 rings (SSSR count). The van der Waals surface area contributed by atoms with Crippen molar-refractivity contribution in [3.63, 3.8) is 0 Å². The van der Waals surface area contributed by atoms with Crippen LogP contribution in [0.2, 0.25) is 0 Å². The number of rotatable bonds is 3. The number of aromatic nitrogens is 4. The highest BCUT2D eigenvalue weighted by atomic mass is 19.4. The average Bonchev–Trinajstić information content (AvgIpc) is 3.26. The van der Waals surface area contributed by atoms with Crippen LogP contribution in [0.3, 0.4) is 0 Å². The molecule has 0 fully saturated rings. The molecule has 1 atom stereocenters. The standard InChI is InChI=1S/C18H13F5N4O2/c1-8(28)27-12(16-26-24-7-29-16)5-9-3-4-10-11(17(2,19)20)6-13(18(21,22)23)25-14(10)15(9)27/h3-8,28H,1-2H3. The Morgan fingerprint density at radius 2 is 1.86 bits per heavy atom. The highest BCUT2D eigenvalue weighted by molar-refractivity contribution is 6.06. The summed E-state index contributed by atoms with van der Waals surface area (Å²) in [5, 5.41) is 17.8. The average molecular weight is 412 g/mol. The predicted octanol–water partition coefficient (Wildman–Crippen LogP) is 4.88. The quantitative estimate of drug-likeness (QED) is 0.486. The maximum Gasteiger partial charge on any atom is 0.433 e. The second kappa shape index (κ2) is 6.21. The largest absolute Gasteiger partial charge is 0.433 e. The van der Waals surface area contributed by atoms with Gasteiger partial charge in [-0.25, -0.2) is 13.8 Å². The lowest BCUT2D eigenvalue weighted by atomic mass is 10.0. The molecule has 0 saturated heterocycles. The van der Waals surface area contributed by atoms with Gasteiger partial charge in [0.1, 0.15) is 17.6 Å². The van der Waals surface area contributed by atoms with E-state index in [9.17, 15) is 27.1 Å². The van der Waals surface area contributed by atoms with Gasteiger partial charge in [-0.3, -0.25) is 0 Å². The molecule has 152 valence electrons. The van der Waals surface area contributed by atoms with Crippen molar-refractivity contribution in [1.29, 1.82) is 0 Å². The van der Waals surface area contributed by atoms with Gasteiger partial charge in [-0.05, 0) is 19.1 Å². The number of benzene rings is 1. The molecule has 4 aromatic rings. The monoisotopic (exact) mass is 412 g/mol. The van der Waals surface area contributed by atoms with E-state index in [4.69, 9.17) is 4.42 Å². The van der Waals surface area contributed by atoms with Crippen molar-refractivity contribution in [2.45, 2.75) is 32.2 Å². The number of fused-ring (bicyclic) bond motifs is 3. The van der Waals surface area contributed by atoms with Crippen molar-refractivity contribution in [3.8, 4) is 11.6 Å². The second-order valence-corrected chi connectivity index (χ2v) is 6.62. The van der Waals surface area contributed by atoms with Gasteiger partial charge in [0.2, 0.25) is 6.39 Å². The van der Waals surface area contributed by atoms with E-state index in [1.807, 2.05) is 0 Å². The molecular weight excluding hydrogens is 399 g/mol. The third-order valence-electron chi connectivity index (χ3n) is 4.49. The molecule has 0 saturated carbocycles. The zero-order valence-electron chi connectivity index (χ0n) is 15.0. The Morgan fingerprint density at radius 1 is 1.14 bits per heavy atom. The first-order chi connectivity index (χ1) is 13.5. The van der Waals surface area contributed by atoms with Crippen LogP contribution in [-0.2, 0) is 12.1 Å². The minimum atomic E-state index is -4.94. The smallest absolute Gasteiger partial charge is 0.422 e. The number of alkyl halides is 5. The Morgan fingerprint density at radius 3 is 2.41 bits per heavy atom. The molecule has 0 aliphatic carbocycles. The number of hydrogen-bond acceptors (Lipinski definition) is 5. The number of hydrogen-bond donors (Lipinski definition) is 1. The van der Waals surface area contributed by atoms with Crippen LogP contribution in [0, 0.1) is 0 Å². The van der Waals surface area contributed by atoms with E-state index in [2.05, 4.69) is 15.2 Å². The van der Waals surface area contributed by atoms with Crippen LogP contribution < -0.4 is 0 Å². The Balaban J connectivity index is 2.20. The molecule has 0 aliphatic rings. The molecule has 3 aromatic heterocycles. The Bertz CT molecular complexity index is 1210. The van der Waals surface area contributed by atoms with Gasteiger partial charge < -0.3 is 14.1 Å². The van der Waals surface area contributed by atoms with Crippen LogP contribution in [0.1, 0.15) is 31.3 Å². The highest BCUT2D eigenvalue weighted by Crippen LogP contribution is 2.41. The highest BCUT2D eigenvalue weighted by Gasteiger charge is 2.37. The van der Waals surface area contributed by atoms with Gasteiger partial charge in [0.25, 0.3) is 11.8 Å². The normalized spacial score (nSPS) is 14.1. The van der Waals surface area contributed by atoms with E-state index >= 15 is 0 Å². The summed E-state index contributed by atoms with van der Waals surface area (Å²) in [6.07, 6.45) is -5.14. The van der Waals surface area contributed by atoms with E-state index in [1.165, 1.54) is 29.7 Å². The molecule has 1 aromatic carbocycles. The molecule has 29 heavy (non-hydrogen) atoms. The third kappa shape index (κ3) is 3.11. The lowest BCUT2D eigenvalue weighted by Gasteiger charge is -2.18. The molecule has 0 spiro atoms. The van der Waals surface area contributed by atoms with Crippen LogP contribution >= 0.6 is 0 Å². The number of aliphatic hydroxyl groups is 1. The fraction of sp³-hybridized carbons (Fsp3) is 0.278. The summed E-state index contributed by atoms with van der Waals surface area (Å²) in [7, 11) is 0. The molecule has 11 heteroatoms. The van der Waals surface area contributed by atoms with E-state index < -0.39 is 29.6 Å². The molecular formula is C18H13F5N4O2. The van der Waals surface area contributed by atoms with Gasteiger partial charge >= 0.3 is 6.18 Å². The summed E-state index contributed by atoms with van der Waals surface area (Å²) in [6, 6.07) is 4.59. The summed E-state index contributed by atoms with van der Waals surface area (Å²) in [5.74, 6) is -3.55. The van der Waals surface area contributed by atoms with E-state index in [0.29, 0.717) is 18.4 Å². The topological polar surface area (TPSA) is 77.0 Å². The molecule has 0 aliphatic heterocycles. The van der Waals surface area contributed by atoms with Gasteiger partial charge in [-0.15, -0.1) is 10.2 Å². The third-order valence-corrected chi connectivity index (χ3v) is 4.49. The zero-order valence-corrected chi connectivity index (χ0v) is 15.0. The number of aliphatic hydroxyl groups excluding tert-OH is 1. The zero-order chi connectivity index (χ0) is 21.1. The van der Waals surface area contributed by atoms with Crippen molar-refractivity contribution in [2.75, 3.05) is 0 Å². The Kier molecular flexibility index (Phi) is 4.12. The Hall–Kier alpha value is -3.08. The van der Waals surface area contributed by atoms with Crippen LogP contribution in [0.15, 0.2) is 35.1 Å². The fourth-order valence-electron chi connectivity index (χ4n) is 3.35. The van der Waals surface area contributed by atoms with Crippen LogP contribution in [0.4, 0.5) is 22.0 Å². The molecule has 0 bridgehead atoms. The minimum Gasteiger partial charge on any atom is -0.422 e. The van der Waals surface area contributed by atoms with Crippen LogP contribution in [0.5, 0.6) is 0 Å². The van der Waals surface area contributed by atoms with Crippen molar-refractivity contribution in [3.05, 3.63) is 41.9 Å². The maximum atomic E-state index is 14.2. The number of nitrogens with zero attached hydrogens (tertiary/aromatic N) is 4. The van der Waals surface area contributed by atoms with Crippen molar-refractivity contribution < 1.29 is 31.5 Å². The fourth-order valence-corrected chi connectivity index (χ4v) is 3.35. The predicted molar refractivity (Wildman–Crippen MR) is 92.0 cm³/mol. The SMILES string of the molecule is CC(O)n1c(-c2nnco2)cc2ccc3c(C(C)(F)F)cc(C(F)(F)F)nc3c21. The van der Waals surface area contributed by atoms with Crippen LogP contribution in [-0.4, -0.2) is 24.9 Å². The van der Waals surface area contributed by atoms with Crippen molar-refractivity contribution in [1.82, 2.24) is 19.7 Å². The van der Waals surface area contributed by atoms with Crippen molar-refractivity contribution >= 4 is 21.8 Å². The lowest BCUT2D eigenvalue weighted by Crippen LogP contribution is -2.15. The van der Waals surface area contributed by atoms with Crippen LogP contribution in [0.25, 0.3) is 33.4 Å². The minimum absolute atomic E-state index is 0.00303. The molecule has 0 radical (unpaired) electrons. The summed E-state index contributed by atoms with van der Waals surface area (Å²) in [5.41, 5.74) is -2.33. The molecule has 1 N–H and O–H groups in total. The molecule has 6 nitrogen and oxygen atoms in total. The first-order valence-corrected chi connectivity index (χ1v) is 8.37. The second-order valence-electron chi connectivity index (χ2n) is 6.62. The lowest BCUT2D eigenvalue weighted by molar-refractivity contribution is -0.141. The van der Waals surface area contributed by atoms with E-state index in [1.54, 1.807) is 0 Å². The van der Waals surface area contributed by atoms with Gasteiger partial charge in [0, 0.05) is 23.3 Å². The van der Waals surface area contributed by atoms with E-state index in [-0.39, 0.29) is 28.0 Å². The van der Waals surface area contributed by atoms with Gasteiger partial charge in [0.15, 0.2) is 0 Å². The van der Waals surface area contributed by atoms with Crippen molar-refractivity contribution in [2.24, 2.45) is 0 Å². The first-order valence-electron chi connectivity index (χ1n) is 8.37. The summed E-state index contributed by atoms with van der Waals surface area (Å²) in [4.78, 5) is 3.63. The Labute approximate surface area is 159 Å². The van der Waals surface area contributed by atoms with Gasteiger partial charge in [-0.2, -0.15) is 13.2 Å². The van der Waals surface area contributed by atoms with Gasteiger partial charge in [0.05, 0.1) is 11.0 Å². The van der Waals surface area contributed by atoms with E-state index in [0.717, 1.165) is 6.39 Å². The summed E-state index contributed by atoms with van der Waals surface area (Å²) in [6.45, 7) is 1.88.